The van der Waals surface area contributed by atoms with Crippen LogP contribution in [0, 0.1) is 5.82 Å². The van der Waals surface area contributed by atoms with E-state index in [-0.39, 0.29) is 17.1 Å². The van der Waals surface area contributed by atoms with E-state index in [0.717, 1.165) is 13.0 Å². The van der Waals surface area contributed by atoms with Crippen LogP contribution in [-0.4, -0.2) is 22.0 Å². The van der Waals surface area contributed by atoms with Gasteiger partial charge in [0, 0.05) is 10.9 Å². The first-order valence-corrected chi connectivity index (χ1v) is 7.21. The van der Waals surface area contributed by atoms with Crippen molar-refractivity contribution in [3.05, 3.63) is 30.1 Å². The highest BCUT2D eigenvalue weighted by Gasteiger charge is 2.21. The minimum Gasteiger partial charge on any atom is -0.313 e. The summed E-state index contributed by atoms with van der Waals surface area (Å²) < 4.78 is 25.3. The van der Waals surface area contributed by atoms with Crippen LogP contribution in [0.3, 0.4) is 0 Å². The summed E-state index contributed by atoms with van der Waals surface area (Å²) in [7, 11) is -1.17. The summed E-state index contributed by atoms with van der Waals surface area (Å²) >= 11 is 0. The molecule has 1 rings (SSSR count). The van der Waals surface area contributed by atoms with Crippen molar-refractivity contribution in [1.82, 2.24) is 5.32 Å². The fraction of sp³-hybridized carbons (Fsp3) is 0.538. The van der Waals surface area contributed by atoms with Gasteiger partial charge in [0.2, 0.25) is 0 Å². The van der Waals surface area contributed by atoms with E-state index in [1.165, 1.54) is 12.1 Å². The molecular formula is C13H20FNOS. The Bertz CT molecular complexity index is 383. The Labute approximate surface area is 105 Å². The lowest BCUT2D eigenvalue weighted by Crippen LogP contribution is -2.40. The molecule has 0 aliphatic heterocycles. The summed E-state index contributed by atoms with van der Waals surface area (Å²) in [6, 6.07) is 6.24. The lowest BCUT2D eigenvalue weighted by atomic mass is 10.2. The number of hydrogen-bond donors (Lipinski definition) is 1. The molecule has 2 nitrogen and oxygen atoms in total. The molecule has 0 radical (unpaired) electrons. The van der Waals surface area contributed by atoms with Crippen molar-refractivity contribution in [2.45, 2.75) is 43.4 Å². The van der Waals surface area contributed by atoms with E-state index in [1.807, 2.05) is 13.8 Å². The van der Waals surface area contributed by atoms with Gasteiger partial charge in [-0.05, 0) is 38.1 Å². The first-order valence-electron chi connectivity index (χ1n) is 5.99. The Balaban J connectivity index is 2.81. The van der Waals surface area contributed by atoms with E-state index >= 15 is 0 Å². The molecule has 1 aromatic rings. The Kier molecular flexibility index (Phi) is 5.78. The fourth-order valence-corrected chi connectivity index (χ4v) is 3.32. The average Bonchev–Trinajstić information content (AvgIpc) is 2.34. The summed E-state index contributed by atoms with van der Waals surface area (Å²) in [5.74, 6) is -0.334. The zero-order valence-electron chi connectivity index (χ0n) is 10.6. The standard InChI is InChI=1S/C13H20FNOS/c1-4-13(15-5-2)10(3)17(16)12-8-6-7-11(14)9-12/h6-10,13,15H,4-5H2,1-3H3. The van der Waals surface area contributed by atoms with Crippen molar-refractivity contribution < 1.29 is 8.60 Å². The van der Waals surface area contributed by atoms with E-state index in [9.17, 15) is 8.60 Å². The third-order valence-corrected chi connectivity index (χ3v) is 4.56. The molecule has 0 spiro atoms. The number of nitrogens with one attached hydrogen (secondary N) is 1. The second kappa shape index (κ2) is 6.87. The summed E-state index contributed by atoms with van der Waals surface area (Å²) in [5.41, 5.74) is 0. The van der Waals surface area contributed by atoms with Crippen molar-refractivity contribution in [3.63, 3.8) is 0 Å². The van der Waals surface area contributed by atoms with Gasteiger partial charge in [0.05, 0.1) is 16.0 Å². The largest absolute Gasteiger partial charge is 0.313 e. The van der Waals surface area contributed by atoms with Crippen LogP contribution in [0.25, 0.3) is 0 Å². The van der Waals surface area contributed by atoms with Crippen LogP contribution in [0.15, 0.2) is 29.2 Å². The number of hydrogen-bond acceptors (Lipinski definition) is 2. The molecule has 0 aromatic heterocycles. The van der Waals surface area contributed by atoms with E-state index in [1.54, 1.807) is 12.1 Å². The predicted molar refractivity (Wildman–Crippen MR) is 70.0 cm³/mol. The molecule has 0 saturated heterocycles. The molecular weight excluding hydrogens is 237 g/mol. The molecule has 0 bridgehead atoms. The summed E-state index contributed by atoms with van der Waals surface area (Å²) in [6.45, 7) is 6.88. The van der Waals surface area contributed by atoms with Gasteiger partial charge in [0.15, 0.2) is 0 Å². The van der Waals surface area contributed by atoms with Gasteiger partial charge in [-0.2, -0.15) is 0 Å². The van der Waals surface area contributed by atoms with Crippen LogP contribution in [0.5, 0.6) is 0 Å². The SMILES string of the molecule is CCNC(CC)C(C)S(=O)c1cccc(F)c1. The second-order valence-electron chi connectivity index (χ2n) is 4.03. The summed E-state index contributed by atoms with van der Waals surface area (Å²) in [5, 5.41) is 3.28. The predicted octanol–water partition coefficient (Wildman–Crippen LogP) is 2.71. The zero-order chi connectivity index (χ0) is 12.8. The van der Waals surface area contributed by atoms with Crippen LogP contribution < -0.4 is 5.32 Å². The Hall–Kier alpha value is -0.740. The van der Waals surface area contributed by atoms with E-state index < -0.39 is 10.8 Å². The topological polar surface area (TPSA) is 29.1 Å². The molecule has 96 valence electrons. The van der Waals surface area contributed by atoms with Gasteiger partial charge in [0.1, 0.15) is 5.82 Å². The summed E-state index contributed by atoms with van der Waals surface area (Å²) in [6.07, 6.45) is 0.913. The van der Waals surface area contributed by atoms with Gasteiger partial charge < -0.3 is 5.32 Å². The molecule has 0 heterocycles. The van der Waals surface area contributed by atoms with Crippen LogP contribution >= 0.6 is 0 Å². The Morgan fingerprint density at radius 3 is 2.65 bits per heavy atom. The maximum Gasteiger partial charge on any atom is 0.124 e. The van der Waals surface area contributed by atoms with Gasteiger partial charge in [0.25, 0.3) is 0 Å². The third-order valence-electron chi connectivity index (χ3n) is 2.84. The van der Waals surface area contributed by atoms with Gasteiger partial charge >= 0.3 is 0 Å². The monoisotopic (exact) mass is 257 g/mol. The van der Waals surface area contributed by atoms with Gasteiger partial charge in [-0.25, -0.2) is 4.39 Å². The molecule has 3 atom stereocenters. The quantitative estimate of drug-likeness (QED) is 0.849. The van der Waals surface area contributed by atoms with Crippen molar-refractivity contribution in [2.24, 2.45) is 0 Å². The van der Waals surface area contributed by atoms with Crippen molar-refractivity contribution >= 4 is 10.8 Å². The number of rotatable bonds is 6. The van der Waals surface area contributed by atoms with Gasteiger partial charge in [-0.3, -0.25) is 4.21 Å². The van der Waals surface area contributed by atoms with Crippen molar-refractivity contribution in [2.75, 3.05) is 6.54 Å². The lowest BCUT2D eigenvalue weighted by molar-refractivity contribution is 0.500. The number of benzene rings is 1. The molecule has 4 heteroatoms. The molecule has 17 heavy (non-hydrogen) atoms. The fourth-order valence-electron chi connectivity index (χ4n) is 1.86. The van der Waals surface area contributed by atoms with Gasteiger partial charge in [-0.15, -0.1) is 0 Å². The van der Waals surface area contributed by atoms with Crippen LogP contribution in [0.1, 0.15) is 27.2 Å². The van der Waals surface area contributed by atoms with E-state index in [4.69, 9.17) is 0 Å². The average molecular weight is 257 g/mol. The van der Waals surface area contributed by atoms with Crippen molar-refractivity contribution in [3.8, 4) is 0 Å². The van der Waals surface area contributed by atoms with Crippen LogP contribution in [-0.2, 0) is 10.8 Å². The molecule has 3 unspecified atom stereocenters. The highest BCUT2D eigenvalue weighted by Crippen LogP contribution is 2.16. The first kappa shape index (κ1) is 14.3. The van der Waals surface area contributed by atoms with Crippen molar-refractivity contribution in [1.29, 1.82) is 0 Å². The normalized spacial score (nSPS) is 16.5. The maximum atomic E-state index is 13.1. The molecule has 0 aliphatic rings. The molecule has 1 aromatic carbocycles. The van der Waals surface area contributed by atoms with Crippen LogP contribution in [0.4, 0.5) is 4.39 Å². The Morgan fingerprint density at radius 1 is 1.41 bits per heavy atom. The molecule has 0 amide bonds. The smallest absolute Gasteiger partial charge is 0.124 e. The van der Waals surface area contributed by atoms with Gasteiger partial charge in [-0.1, -0.05) is 19.9 Å². The molecule has 0 saturated carbocycles. The third kappa shape index (κ3) is 3.89. The molecule has 0 aliphatic carbocycles. The maximum absolute atomic E-state index is 13.1. The lowest BCUT2D eigenvalue weighted by Gasteiger charge is -2.22. The minimum absolute atomic E-state index is 0.0262. The highest BCUT2D eigenvalue weighted by atomic mass is 32.2. The Morgan fingerprint density at radius 2 is 2.12 bits per heavy atom. The van der Waals surface area contributed by atoms with E-state index in [2.05, 4.69) is 12.2 Å². The molecule has 1 N–H and O–H groups in total. The highest BCUT2D eigenvalue weighted by molar-refractivity contribution is 7.85. The second-order valence-corrected chi connectivity index (χ2v) is 5.84. The molecule has 0 fully saturated rings. The summed E-state index contributed by atoms with van der Waals surface area (Å²) in [4.78, 5) is 0.564. The van der Waals surface area contributed by atoms with Crippen LogP contribution in [0.2, 0.25) is 0 Å². The minimum atomic E-state index is -1.17. The van der Waals surface area contributed by atoms with E-state index in [0.29, 0.717) is 4.90 Å². The zero-order valence-corrected chi connectivity index (χ0v) is 11.4. The first-order chi connectivity index (χ1) is 8.10. The number of halogens is 1.